The zero-order valence-corrected chi connectivity index (χ0v) is 15.2. The van der Waals surface area contributed by atoms with Gasteiger partial charge in [-0.05, 0) is 55.2 Å². The average Bonchev–Trinajstić information content (AvgIpc) is 2.73. The molecule has 3 aromatic rings. The number of hydrogen-bond donors (Lipinski definition) is 1. The molecule has 2 atom stereocenters. The first kappa shape index (κ1) is 18.6. The van der Waals surface area contributed by atoms with Gasteiger partial charge in [0.2, 0.25) is 0 Å². The van der Waals surface area contributed by atoms with E-state index in [2.05, 4.69) is 11.1 Å². The second-order valence-corrected chi connectivity index (χ2v) is 6.48. The molecule has 2 unspecified atom stereocenters. The molecule has 2 aromatic carbocycles. The van der Waals surface area contributed by atoms with Gasteiger partial charge in [-0.15, -0.1) is 0 Å². The molecule has 0 saturated heterocycles. The van der Waals surface area contributed by atoms with Crippen LogP contribution < -0.4 is 4.74 Å². The molecule has 27 heavy (non-hydrogen) atoms. The number of nitrogens with zero attached hydrogens (tertiary/aromatic N) is 2. The van der Waals surface area contributed by atoms with Crippen molar-refractivity contribution in [3.63, 3.8) is 0 Å². The Balaban J connectivity index is 1.74. The van der Waals surface area contributed by atoms with Gasteiger partial charge in [-0.3, -0.25) is 4.98 Å². The lowest BCUT2D eigenvalue weighted by Gasteiger charge is -2.22. The van der Waals surface area contributed by atoms with E-state index < -0.39 is 12.2 Å². The van der Waals surface area contributed by atoms with Crippen LogP contribution in [-0.2, 0) is 6.42 Å². The van der Waals surface area contributed by atoms with Crippen LogP contribution in [-0.4, -0.2) is 22.3 Å². The van der Waals surface area contributed by atoms with E-state index in [1.54, 1.807) is 18.3 Å². The number of aliphatic hydroxyl groups is 1. The number of aliphatic hydroxyl groups excluding tert-OH is 1. The summed E-state index contributed by atoms with van der Waals surface area (Å²) in [5, 5.41) is 19.7. The number of nitriles is 1. The third-order valence-corrected chi connectivity index (χ3v) is 4.50. The van der Waals surface area contributed by atoms with Crippen LogP contribution in [0.2, 0.25) is 0 Å². The van der Waals surface area contributed by atoms with Gasteiger partial charge in [-0.1, -0.05) is 36.4 Å². The highest BCUT2D eigenvalue weighted by atomic mass is 16.5. The third-order valence-electron chi connectivity index (χ3n) is 4.50. The minimum absolute atomic E-state index is 0.405. The SMILES string of the molecule is CC(Oc1cc(C#N)ccc1-c1ccccc1)C(O)CCc1cccnc1. The second-order valence-electron chi connectivity index (χ2n) is 6.48. The van der Waals surface area contributed by atoms with Crippen LogP contribution in [0, 0.1) is 11.3 Å². The van der Waals surface area contributed by atoms with Crippen LogP contribution in [0.15, 0.2) is 73.1 Å². The van der Waals surface area contributed by atoms with E-state index in [1.165, 1.54) is 0 Å². The van der Waals surface area contributed by atoms with Crippen LogP contribution >= 0.6 is 0 Å². The topological polar surface area (TPSA) is 66.1 Å². The molecule has 4 nitrogen and oxygen atoms in total. The van der Waals surface area contributed by atoms with Gasteiger partial charge >= 0.3 is 0 Å². The van der Waals surface area contributed by atoms with Crippen LogP contribution in [0.3, 0.4) is 0 Å². The quantitative estimate of drug-likeness (QED) is 0.680. The zero-order valence-electron chi connectivity index (χ0n) is 15.2. The summed E-state index contributed by atoms with van der Waals surface area (Å²) in [5.74, 6) is 0.605. The van der Waals surface area contributed by atoms with E-state index in [4.69, 9.17) is 4.74 Å². The Bertz CT molecular complexity index is 905. The van der Waals surface area contributed by atoms with E-state index in [0.717, 1.165) is 23.1 Å². The van der Waals surface area contributed by atoms with Crippen LogP contribution in [0.4, 0.5) is 0 Å². The van der Waals surface area contributed by atoms with Crippen molar-refractivity contribution in [1.29, 1.82) is 5.26 Å². The van der Waals surface area contributed by atoms with Gasteiger partial charge in [0.1, 0.15) is 11.9 Å². The lowest BCUT2D eigenvalue weighted by Crippen LogP contribution is -2.29. The maximum absolute atomic E-state index is 10.5. The summed E-state index contributed by atoms with van der Waals surface area (Å²) < 4.78 is 6.08. The van der Waals surface area contributed by atoms with Crippen molar-refractivity contribution in [2.24, 2.45) is 0 Å². The number of pyridine rings is 1. The molecular weight excluding hydrogens is 336 g/mol. The standard InChI is InChI=1S/C23H22N2O2/c1-17(22(26)12-10-18-6-5-13-25-16-18)27-23-14-19(15-24)9-11-21(23)20-7-3-2-4-8-20/h2-9,11,13-14,16-17,22,26H,10,12H2,1H3. The molecule has 0 fully saturated rings. The molecule has 4 heteroatoms. The maximum atomic E-state index is 10.5. The molecule has 1 heterocycles. The predicted molar refractivity (Wildman–Crippen MR) is 105 cm³/mol. The van der Waals surface area contributed by atoms with Crippen LogP contribution in [0.5, 0.6) is 5.75 Å². The number of aryl methyl sites for hydroxylation is 1. The van der Waals surface area contributed by atoms with Gasteiger partial charge in [-0.25, -0.2) is 0 Å². The van der Waals surface area contributed by atoms with Gasteiger partial charge in [0.25, 0.3) is 0 Å². The Hall–Kier alpha value is -3.16. The van der Waals surface area contributed by atoms with Gasteiger partial charge in [-0.2, -0.15) is 5.26 Å². The normalized spacial score (nSPS) is 12.8. The Morgan fingerprint density at radius 3 is 2.63 bits per heavy atom. The largest absolute Gasteiger partial charge is 0.487 e. The second kappa shape index (κ2) is 8.98. The minimum Gasteiger partial charge on any atom is -0.487 e. The Kier molecular flexibility index (Phi) is 6.19. The van der Waals surface area contributed by atoms with E-state index in [1.807, 2.05) is 61.7 Å². The molecule has 1 aromatic heterocycles. The minimum atomic E-state index is -0.625. The Labute approximate surface area is 159 Å². The monoisotopic (exact) mass is 358 g/mol. The van der Waals surface area contributed by atoms with Crippen molar-refractivity contribution >= 4 is 0 Å². The predicted octanol–water partition coefficient (Wildman–Crippen LogP) is 4.38. The zero-order chi connectivity index (χ0) is 19.1. The summed E-state index contributed by atoms with van der Waals surface area (Å²) in [5.41, 5.74) is 3.52. The van der Waals surface area contributed by atoms with Crippen LogP contribution in [0.1, 0.15) is 24.5 Å². The average molecular weight is 358 g/mol. The molecule has 0 saturated carbocycles. The summed E-state index contributed by atoms with van der Waals surface area (Å²) in [6, 6.07) is 21.3. The fourth-order valence-electron chi connectivity index (χ4n) is 2.92. The number of hydrogen-bond acceptors (Lipinski definition) is 4. The van der Waals surface area contributed by atoms with E-state index >= 15 is 0 Å². The molecule has 0 aliphatic heterocycles. The van der Waals surface area contributed by atoms with Gasteiger partial charge in [0, 0.05) is 18.0 Å². The summed E-state index contributed by atoms with van der Waals surface area (Å²) in [4.78, 5) is 4.10. The molecule has 0 spiro atoms. The van der Waals surface area contributed by atoms with Gasteiger partial charge in [0.15, 0.2) is 0 Å². The lowest BCUT2D eigenvalue weighted by molar-refractivity contribution is 0.0423. The van der Waals surface area contributed by atoms with E-state index in [-0.39, 0.29) is 0 Å². The van der Waals surface area contributed by atoms with Gasteiger partial charge < -0.3 is 9.84 Å². The lowest BCUT2D eigenvalue weighted by atomic mass is 10.0. The molecule has 3 rings (SSSR count). The third kappa shape index (κ3) is 4.93. The van der Waals surface area contributed by atoms with Crippen LogP contribution in [0.25, 0.3) is 11.1 Å². The molecule has 1 N–H and O–H groups in total. The number of rotatable bonds is 7. The number of benzene rings is 2. The van der Waals surface area contributed by atoms with Crippen molar-refractivity contribution < 1.29 is 9.84 Å². The molecule has 0 amide bonds. The molecule has 0 radical (unpaired) electrons. The highest BCUT2D eigenvalue weighted by Gasteiger charge is 2.18. The Morgan fingerprint density at radius 1 is 1.11 bits per heavy atom. The van der Waals surface area contributed by atoms with E-state index in [0.29, 0.717) is 17.7 Å². The fourth-order valence-corrected chi connectivity index (χ4v) is 2.92. The molecular formula is C23H22N2O2. The summed E-state index contributed by atoms with van der Waals surface area (Å²) in [7, 11) is 0. The smallest absolute Gasteiger partial charge is 0.128 e. The molecule has 0 bridgehead atoms. The fraction of sp³-hybridized carbons (Fsp3) is 0.217. The van der Waals surface area contributed by atoms with E-state index in [9.17, 15) is 10.4 Å². The summed E-state index contributed by atoms with van der Waals surface area (Å²) in [6.07, 6.45) is 3.82. The molecule has 136 valence electrons. The van der Waals surface area contributed by atoms with Crippen molar-refractivity contribution in [3.8, 4) is 22.9 Å². The summed E-state index contributed by atoms with van der Waals surface area (Å²) >= 11 is 0. The highest BCUT2D eigenvalue weighted by Crippen LogP contribution is 2.32. The first-order chi connectivity index (χ1) is 13.2. The van der Waals surface area contributed by atoms with Gasteiger partial charge in [0.05, 0.1) is 17.7 Å². The first-order valence-corrected chi connectivity index (χ1v) is 9.00. The molecule has 0 aliphatic carbocycles. The maximum Gasteiger partial charge on any atom is 0.128 e. The van der Waals surface area contributed by atoms with Crippen molar-refractivity contribution in [1.82, 2.24) is 4.98 Å². The van der Waals surface area contributed by atoms with Crippen molar-refractivity contribution in [2.45, 2.75) is 32.0 Å². The Morgan fingerprint density at radius 2 is 1.93 bits per heavy atom. The number of aromatic nitrogens is 1. The van der Waals surface area contributed by atoms with Crippen molar-refractivity contribution in [2.75, 3.05) is 0 Å². The highest BCUT2D eigenvalue weighted by molar-refractivity contribution is 5.71. The first-order valence-electron chi connectivity index (χ1n) is 9.00. The number of ether oxygens (including phenoxy) is 1. The van der Waals surface area contributed by atoms with Crippen molar-refractivity contribution in [3.05, 3.63) is 84.2 Å². The summed E-state index contributed by atoms with van der Waals surface area (Å²) in [6.45, 7) is 1.85. The molecule has 0 aliphatic rings.